The summed E-state index contributed by atoms with van der Waals surface area (Å²) >= 11 is 0. The van der Waals surface area contributed by atoms with Crippen molar-refractivity contribution in [2.45, 2.75) is 19.2 Å². The molecule has 1 saturated carbocycles. The average molecular weight is 303 g/mol. The SMILES string of the molecule is N/C(=C(/CO)N(N)c1ccccc1OC(F)(F)F)C1CC1. The van der Waals surface area contributed by atoms with Crippen molar-refractivity contribution >= 4 is 5.69 Å². The molecule has 0 radical (unpaired) electrons. The Bertz CT molecular complexity index is 542. The zero-order valence-electron chi connectivity index (χ0n) is 11.1. The van der Waals surface area contributed by atoms with Crippen LogP contribution in [-0.2, 0) is 0 Å². The monoisotopic (exact) mass is 303 g/mol. The van der Waals surface area contributed by atoms with Gasteiger partial charge in [0.2, 0.25) is 0 Å². The summed E-state index contributed by atoms with van der Waals surface area (Å²) in [6.45, 7) is -0.473. The summed E-state index contributed by atoms with van der Waals surface area (Å²) in [6, 6.07) is 5.41. The highest BCUT2D eigenvalue weighted by atomic mass is 19.4. The van der Waals surface area contributed by atoms with Crippen LogP contribution in [0.2, 0.25) is 0 Å². The molecule has 0 atom stereocenters. The first-order valence-electron chi connectivity index (χ1n) is 6.32. The summed E-state index contributed by atoms with van der Waals surface area (Å²) in [5, 5.41) is 10.3. The molecule has 116 valence electrons. The Morgan fingerprint density at radius 2 is 1.95 bits per heavy atom. The molecule has 5 N–H and O–H groups in total. The number of benzene rings is 1. The maximum atomic E-state index is 12.4. The Kier molecular flexibility index (Phi) is 4.29. The number of nitrogens with two attached hydrogens (primary N) is 2. The second-order valence-corrected chi connectivity index (χ2v) is 4.72. The highest BCUT2D eigenvalue weighted by Crippen LogP contribution is 2.38. The lowest BCUT2D eigenvalue weighted by Gasteiger charge is -2.25. The summed E-state index contributed by atoms with van der Waals surface area (Å²) in [7, 11) is 0. The summed E-state index contributed by atoms with van der Waals surface area (Å²) in [4.78, 5) is 0. The lowest BCUT2D eigenvalue weighted by Crippen LogP contribution is -2.35. The first-order chi connectivity index (χ1) is 9.83. The Labute approximate surface area is 119 Å². The van der Waals surface area contributed by atoms with Crippen LogP contribution >= 0.6 is 0 Å². The summed E-state index contributed by atoms with van der Waals surface area (Å²) < 4.78 is 41.1. The van der Waals surface area contributed by atoms with Gasteiger partial charge in [0.15, 0.2) is 5.75 Å². The Balaban J connectivity index is 2.34. The number of ether oxygens (including phenoxy) is 1. The minimum atomic E-state index is -4.83. The third-order valence-corrected chi connectivity index (χ3v) is 3.14. The lowest BCUT2D eigenvalue weighted by molar-refractivity contribution is -0.274. The van der Waals surface area contributed by atoms with Crippen molar-refractivity contribution in [3.8, 4) is 5.75 Å². The molecule has 0 heterocycles. The zero-order chi connectivity index (χ0) is 15.6. The Morgan fingerprint density at radius 3 is 2.48 bits per heavy atom. The van der Waals surface area contributed by atoms with E-state index in [0.29, 0.717) is 5.70 Å². The predicted molar refractivity (Wildman–Crippen MR) is 70.8 cm³/mol. The molecule has 0 saturated heterocycles. The van der Waals surface area contributed by atoms with E-state index in [1.807, 2.05) is 0 Å². The summed E-state index contributed by atoms with van der Waals surface area (Å²) in [5.74, 6) is 5.49. The van der Waals surface area contributed by atoms with Crippen molar-refractivity contribution in [1.29, 1.82) is 0 Å². The molecule has 21 heavy (non-hydrogen) atoms. The van der Waals surface area contributed by atoms with E-state index in [1.165, 1.54) is 18.2 Å². The first-order valence-corrected chi connectivity index (χ1v) is 6.32. The molecule has 0 bridgehead atoms. The fourth-order valence-corrected chi connectivity index (χ4v) is 1.95. The summed E-state index contributed by atoms with van der Waals surface area (Å²) in [6.07, 6.45) is -3.07. The number of hydrogen-bond donors (Lipinski definition) is 3. The van der Waals surface area contributed by atoms with Crippen LogP contribution in [0.15, 0.2) is 35.7 Å². The Hall–Kier alpha value is -1.93. The number of alkyl halides is 3. The smallest absolute Gasteiger partial charge is 0.403 e. The Morgan fingerprint density at radius 1 is 1.33 bits per heavy atom. The van der Waals surface area contributed by atoms with Gasteiger partial charge in [0, 0.05) is 11.6 Å². The largest absolute Gasteiger partial charge is 0.573 e. The molecule has 1 aromatic rings. The van der Waals surface area contributed by atoms with Crippen molar-refractivity contribution < 1.29 is 23.0 Å². The number of aliphatic hydroxyl groups is 1. The molecular formula is C13H16F3N3O2. The molecule has 8 heteroatoms. The quantitative estimate of drug-likeness (QED) is 0.571. The van der Waals surface area contributed by atoms with Crippen molar-refractivity contribution in [3.05, 3.63) is 35.7 Å². The predicted octanol–water partition coefficient (Wildman–Crippen LogP) is 1.84. The number of para-hydroxylation sites is 2. The van der Waals surface area contributed by atoms with E-state index in [4.69, 9.17) is 11.6 Å². The molecule has 0 spiro atoms. The van der Waals surface area contributed by atoms with E-state index in [0.717, 1.165) is 23.9 Å². The molecule has 1 aromatic carbocycles. The van der Waals surface area contributed by atoms with Crippen LogP contribution in [0.5, 0.6) is 5.75 Å². The topological polar surface area (TPSA) is 84.7 Å². The number of halogens is 3. The maximum absolute atomic E-state index is 12.4. The van der Waals surface area contributed by atoms with Gasteiger partial charge in [-0.05, 0) is 25.0 Å². The minimum Gasteiger partial charge on any atom is -0.403 e. The van der Waals surface area contributed by atoms with Crippen LogP contribution in [0.3, 0.4) is 0 Å². The second kappa shape index (κ2) is 5.82. The van der Waals surface area contributed by atoms with Gasteiger partial charge in [0.1, 0.15) is 0 Å². The molecule has 1 fully saturated rings. The van der Waals surface area contributed by atoms with Crippen LogP contribution in [-0.4, -0.2) is 18.1 Å². The van der Waals surface area contributed by atoms with Crippen LogP contribution in [0.4, 0.5) is 18.9 Å². The van der Waals surface area contributed by atoms with Gasteiger partial charge in [-0.15, -0.1) is 13.2 Å². The van der Waals surface area contributed by atoms with Gasteiger partial charge >= 0.3 is 6.36 Å². The fraction of sp³-hybridized carbons (Fsp3) is 0.385. The summed E-state index contributed by atoms with van der Waals surface area (Å²) in [5.41, 5.74) is 6.43. The van der Waals surface area contributed by atoms with Crippen LogP contribution in [0.1, 0.15) is 12.8 Å². The number of rotatable bonds is 5. The zero-order valence-corrected chi connectivity index (χ0v) is 11.1. The van der Waals surface area contributed by atoms with Crippen molar-refractivity contribution in [1.82, 2.24) is 0 Å². The van der Waals surface area contributed by atoms with Crippen molar-refractivity contribution in [3.63, 3.8) is 0 Å². The van der Waals surface area contributed by atoms with E-state index >= 15 is 0 Å². The van der Waals surface area contributed by atoms with Gasteiger partial charge in [-0.1, -0.05) is 12.1 Å². The van der Waals surface area contributed by atoms with Gasteiger partial charge in [0.25, 0.3) is 0 Å². The molecule has 0 aliphatic heterocycles. The fourth-order valence-electron chi connectivity index (χ4n) is 1.95. The number of aliphatic hydroxyl groups excluding tert-OH is 1. The number of hydrogen-bond acceptors (Lipinski definition) is 5. The maximum Gasteiger partial charge on any atom is 0.573 e. The van der Waals surface area contributed by atoms with E-state index in [9.17, 15) is 18.3 Å². The number of hydrazine groups is 1. The molecule has 1 aliphatic carbocycles. The van der Waals surface area contributed by atoms with Crippen LogP contribution in [0.25, 0.3) is 0 Å². The molecule has 0 aromatic heterocycles. The van der Waals surface area contributed by atoms with Crippen LogP contribution < -0.4 is 21.3 Å². The number of nitrogens with zero attached hydrogens (tertiary/aromatic N) is 1. The van der Waals surface area contributed by atoms with E-state index in [1.54, 1.807) is 0 Å². The first kappa shape index (κ1) is 15.5. The minimum absolute atomic E-state index is 0.0255. The average Bonchev–Trinajstić information content (AvgIpc) is 3.22. The van der Waals surface area contributed by atoms with Crippen molar-refractivity contribution in [2.75, 3.05) is 11.6 Å². The highest BCUT2D eigenvalue weighted by Gasteiger charge is 2.33. The molecule has 2 rings (SSSR count). The van der Waals surface area contributed by atoms with Gasteiger partial charge in [0.05, 0.1) is 18.0 Å². The van der Waals surface area contributed by atoms with Gasteiger partial charge in [-0.25, -0.2) is 5.84 Å². The molecule has 1 aliphatic rings. The normalized spacial score (nSPS) is 16.4. The van der Waals surface area contributed by atoms with E-state index in [2.05, 4.69) is 4.74 Å². The molecule has 0 amide bonds. The van der Waals surface area contributed by atoms with E-state index in [-0.39, 0.29) is 17.3 Å². The van der Waals surface area contributed by atoms with Crippen molar-refractivity contribution in [2.24, 2.45) is 17.5 Å². The molecule has 0 unspecified atom stereocenters. The van der Waals surface area contributed by atoms with Crippen LogP contribution in [0, 0.1) is 5.92 Å². The highest BCUT2D eigenvalue weighted by molar-refractivity contribution is 5.61. The van der Waals surface area contributed by atoms with Gasteiger partial charge < -0.3 is 15.6 Å². The second-order valence-electron chi connectivity index (χ2n) is 4.72. The van der Waals surface area contributed by atoms with Gasteiger partial charge in [-0.3, -0.25) is 5.01 Å². The number of allylic oxidation sites excluding steroid dienone is 1. The molecular weight excluding hydrogens is 287 g/mol. The number of anilines is 1. The third kappa shape index (κ3) is 3.79. The standard InChI is InChI=1S/C13H16F3N3O2/c14-13(15,16)21-11-4-2-1-3-9(11)19(18)10(7-20)12(17)8-5-6-8/h1-4,8,20H,5-7,17-18H2/b12-10-. The third-order valence-electron chi connectivity index (χ3n) is 3.14. The lowest BCUT2D eigenvalue weighted by atomic mass is 10.2. The molecule has 5 nitrogen and oxygen atoms in total. The van der Waals surface area contributed by atoms with E-state index < -0.39 is 18.7 Å². The van der Waals surface area contributed by atoms with Gasteiger partial charge in [-0.2, -0.15) is 0 Å².